The van der Waals surface area contributed by atoms with Crippen LogP contribution in [0.1, 0.15) is 98.1 Å². The molecule has 0 radical (unpaired) electrons. The molecule has 2 aliphatic heterocycles. The van der Waals surface area contributed by atoms with Gasteiger partial charge in [0.15, 0.2) is 0 Å². The van der Waals surface area contributed by atoms with Crippen LogP contribution >= 0.6 is 11.8 Å². The van der Waals surface area contributed by atoms with Gasteiger partial charge in [-0.3, -0.25) is 14.6 Å². The van der Waals surface area contributed by atoms with Crippen LogP contribution in [0.3, 0.4) is 0 Å². The quantitative estimate of drug-likeness (QED) is 0.170. The second kappa shape index (κ2) is 16.1. The van der Waals surface area contributed by atoms with E-state index < -0.39 is 46.5 Å². The Morgan fingerprint density at radius 3 is 1.62 bits per heavy atom. The summed E-state index contributed by atoms with van der Waals surface area (Å²) < 4.78 is 81.5. The summed E-state index contributed by atoms with van der Waals surface area (Å²) in [5, 5.41) is 2.74. The van der Waals surface area contributed by atoms with Crippen molar-refractivity contribution < 1.29 is 31.1 Å². The molecule has 3 aromatic carbocycles. The fourth-order valence-corrected chi connectivity index (χ4v) is 7.60. The molecule has 2 saturated heterocycles. The minimum absolute atomic E-state index is 0.0117. The van der Waals surface area contributed by atoms with Crippen molar-refractivity contribution in [2.24, 2.45) is 5.73 Å². The summed E-state index contributed by atoms with van der Waals surface area (Å²) in [6.45, 7) is 12.3. The average molecular weight is 723 g/mol. The summed E-state index contributed by atoms with van der Waals surface area (Å²) in [4.78, 5) is 17.7. The Labute approximate surface area is 296 Å². The Bertz CT molecular complexity index is 1550. The molecule has 3 N–H and O–H groups in total. The number of likely N-dealkylation sites (tertiary alicyclic amines) is 2. The van der Waals surface area contributed by atoms with Crippen molar-refractivity contribution in [2.45, 2.75) is 93.8 Å². The van der Waals surface area contributed by atoms with E-state index in [2.05, 4.69) is 53.2 Å². The first kappa shape index (κ1) is 39.7. The summed E-state index contributed by atoms with van der Waals surface area (Å²) in [6.07, 6.45) is -4.24. The molecule has 3 aromatic rings. The second-order valence-electron chi connectivity index (χ2n) is 14.0. The standard InChI is InChI=1S/C24H26F6N2OS.C14H22N2/c1-22(2,32-11-7-8-12-32)20(15-9-5-4-6-10-15)31-21(33)19-17(24(28,29)30)13-16(23(25,26)27)14-18(19)34-3;1-14(2,16-10-6-7-11-16)13(15)12-8-4-3-5-9-12/h4-6,9-10,13-14,20H,7-8,11-12H2,1-3H3,(H,31,33);3-5,8-9,13H,6-7,10-11,15H2,1-2H3. The maximum absolute atomic E-state index is 13.9. The van der Waals surface area contributed by atoms with Gasteiger partial charge in [-0.15, -0.1) is 11.8 Å². The van der Waals surface area contributed by atoms with Gasteiger partial charge >= 0.3 is 12.4 Å². The zero-order valence-electron chi connectivity index (χ0n) is 29.3. The molecular formula is C38H48F6N4OS. The highest BCUT2D eigenvalue weighted by Gasteiger charge is 2.43. The van der Waals surface area contributed by atoms with E-state index in [0.29, 0.717) is 23.4 Å². The molecule has 0 aliphatic carbocycles. The molecular weight excluding hydrogens is 674 g/mol. The van der Waals surface area contributed by atoms with Crippen LogP contribution in [0, 0.1) is 0 Å². The van der Waals surface area contributed by atoms with Gasteiger partial charge in [0.05, 0.1) is 22.7 Å². The number of carbonyl (C=O) groups is 1. The third kappa shape index (κ3) is 9.23. The van der Waals surface area contributed by atoms with Crippen LogP contribution < -0.4 is 11.1 Å². The Balaban J connectivity index is 0.000000291. The number of hydrogen-bond donors (Lipinski definition) is 2. The van der Waals surface area contributed by atoms with Gasteiger partial charge < -0.3 is 11.1 Å². The molecule has 1 amide bonds. The largest absolute Gasteiger partial charge is 0.417 e. The van der Waals surface area contributed by atoms with Gasteiger partial charge in [0.1, 0.15) is 0 Å². The number of carbonyl (C=O) groups excluding carboxylic acids is 1. The fourth-order valence-electron chi connectivity index (χ4n) is 6.95. The van der Waals surface area contributed by atoms with Gasteiger partial charge in [-0.1, -0.05) is 60.7 Å². The second-order valence-corrected chi connectivity index (χ2v) is 14.8. The molecule has 2 atom stereocenters. The summed E-state index contributed by atoms with van der Waals surface area (Å²) in [5.74, 6) is -1.06. The number of halogens is 6. The SMILES string of the molecule is CC(C)(C(N)c1ccccc1)N1CCCC1.CSc1cc(C(F)(F)F)cc(C(F)(F)F)c1C(=O)NC(c1ccccc1)C(C)(C)N1CCCC1. The molecule has 50 heavy (non-hydrogen) atoms. The van der Waals surface area contributed by atoms with Crippen LogP contribution in [0.2, 0.25) is 0 Å². The minimum Gasteiger partial charge on any atom is -0.343 e. The van der Waals surface area contributed by atoms with Crippen LogP contribution in [0.25, 0.3) is 0 Å². The lowest BCUT2D eigenvalue weighted by Gasteiger charge is -2.43. The molecule has 12 heteroatoms. The van der Waals surface area contributed by atoms with E-state index in [9.17, 15) is 31.1 Å². The van der Waals surface area contributed by atoms with Crippen molar-refractivity contribution in [1.82, 2.24) is 15.1 Å². The van der Waals surface area contributed by atoms with Crippen molar-refractivity contribution in [2.75, 3.05) is 32.4 Å². The molecule has 2 heterocycles. The summed E-state index contributed by atoms with van der Waals surface area (Å²) in [7, 11) is 0. The number of hydrogen-bond acceptors (Lipinski definition) is 5. The van der Waals surface area contributed by atoms with Crippen molar-refractivity contribution in [3.05, 3.63) is 101 Å². The van der Waals surface area contributed by atoms with Crippen molar-refractivity contribution in [3.63, 3.8) is 0 Å². The first-order valence-corrected chi connectivity index (χ1v) is 18.1. The zero-order valence-corrected chi connectivity index (χ0v) is 30.1. The first-order valence-electron chi connectivity index (χ1n) is 16.9. The zero-order chi connectivity index (χ0) is 36.9. The Kier molecular flexibility index (Phi) is 12.8. The van der Waals surface area contributed by atoms with E-state index in [1.54, 1.807) is 30.3 Å². The predicted molar refractivity (Wildman–Crippen MR) is 188 cm³/mol. The summed E-state index contributed by atoms with van der Waals surface area (Å²) >= 11 is 0.669. The summed E-state index contributed by atoms with van der Waals surface area (Å²) in [5.41, 5.74) is 3.89. The van der Waals surface area contributed by atoms with E-state index in [1.807, 2.05) is 19.9 Å². The molecule has 0 spiro atoms. The highest BCUT2D eigenvalue weighted by Crippen LogP contribution is 2.42. The molecule has 2 fully saturated rings. The molecule has 2 unspecified atom stereocenters. The third-order valence-electron chi connectivity index (χ3n) is 10.1. The van der Waals surface area contributed by atoms with Gasteiger partial charge in [0, 0.05) is 22.0 Å². The van der Waals surface area contributed by atoms with Gasteiger partial charge in [-0.25, -0.2) is 0 Å². The molecule has 2 aliphatic rings. The highest BCUT2D eigenvalue weighted by molar-refractivity contribution is 7.98. The van der Waals surface area contributed by atoms with Gasteiger partial charge in [0.2, 0.25) is 0 Å². The smallest absolute Gasteiger partial charge is 0.343 e. The van der Waals surface area contributed by atoms with Gasteiger partial charge in [0.25, 0.3) is 5.91 Å². The number of rotatable bonds is 9. The van der Waals surface area contributed by atoms with Crippen LogP contribution in [-0.4, -0.2) is 59.2 Å². The molecule has 0 saturated carbocycles. The number of nitrogens with zero attached hydrogens (tertiary/aromatic N) is 2. The molecule has 0 bridgehead atoms. The lowest BCUT2D eigenvalue weighted by Crippen LogP contribution is -2.53. The first-order chi connectivity index (χ1) is 23.4. The number of amides is 1. The number of nitrogens with two attached hydrogens (primary N) is 1. The Hall–Kier alpha value is -3.06. The average Bonchev–Trinajstić information content (AvgIpc) is 3.83. The van der Waals surface area contributed by atoms with E-state index in [0.717, 1.165) is 25.9 Å². The molecule has 5 rings (SSSR count). The molecule has 274 valence electrons. The monoisotopic (exact) mass is 722 g/mol. The minimum atomic E-state index is -5.15. The molecule has 0 aromatic heterocycles. The van der Waals surface area contributed by atoms with Crippen molar-refractivity contribution >= 4 is 17.7 Å². The lowest BCUT2D eigenvalue weighted by atomic mass is 9.86. The predicted octanol–water partition coefficient (Wildman–Crippen LogP) is 9.35. The number of nitrogens with one attached hydrogen (secondary N) is 1. The topological polar surface area (TPSA) is 61.6 Å². The van der Waals surface area contributed by atoms with Crippen molar-refractivity contribution in [3.8, 4) is 0 Å². The van der Waals surface area contributed by atoms with Crippen LogP contribution in [0.5, 0.6) is 0 Å². The van der Waals surface area contributed by atoms with Crippen molar-refractivity contribution in [1.29, 1.82) is 0 Å². The van der Waals surface area contributed by atoms with Gasteiger partial charge in [-0.05, 0) is 109 Å². The maximum Gasteiger partial charge on any atom is 0.417 e. The van der Waals surface area contributed by atoms with Crippen LogP contribution in [0.15, 0.2) is 77.7 Å². The van der Waals surface area contributed by atoms with E-state index in [1.165, 1.54) is 37.8 Å². The maximum atomic E-state index is 13.9. The van der Waals surface area contributed by atoms with Crippen LogP contribution in [0.4, 0.5) is 26.3 Å². The lowest BCUT2D eigenvalue weighted by molar-refractivity contribution is -0.143. The molecule has 5 nitrogen and oxygen atoms in total. The highest BCUT2D eigenvalue weighted by atomic mass is 32.2. The summed E-state index contributed by atoms with van der Waals surface area (Å²) in [6, 6.07) is 19.3. The number of alkyl halides is 6. The Morgan fingerprint density at radius 2 is 1.18 bits per heavy atom. The third-order valence-corrected chi connectivity index (χ3v) is 10.8. The fraction of sp³-hybridized carbons (Fsp3) is 0.500. The number of thioether (sulfide) groups is 1. The Morgan fingerprint density at radius 1 is 0.720 bits per heavy atom. The van der Waals surface area contributed by atoms with E-state index >= 15 is 0 Å². The van der Waals surface area contributed by atoms with E-state index in [4.69, 9.17) is 5.73 Å². The van der Waals surface area contributed by atoms with Gasteiger partial charge in [-0.2, -0.15) is 26.3 Å². The number of benzene rings is 3. The van der Waals surface area contributed by atoms with Crippen LogP contribution in [-0.2, 0) is 12.4 Å². The van der Waals surface area contributed by atoms with E-state index in [-0.39, 0.29) is 22.5 Å². The normalized spacial score (nSPS) is 17.6.